The van der Waals surface area contributed by atoms with Gasteiger partial charge in [-0.3, -0.25) is 5.32 Å². The molecule has 2 aromatic carbocycles. The van der Waals surface area contributed by atoms with Gasteiger partial charge in [0.05, 0.1) is 23.0 Å². The Labute approximate surface area is 266 Å². The number of sulfonamides is 1. The van der Waals surface area contributed by atoms with E-state index in [-0.39, 0.29) is 44.5 Å². The van der Waals surface area contributed by atoms with Gasteiger partial charge in [0.1, 0.15) is 9.77 Å². The number of carbonyl (C=O) groups excluding carboxylic acids is 1. The highest BCUT2D eigenvalue weighted by atomic mass is 35.5. The number of hydrogen-bond acceptors (Lipinski definition) is 7. The number of likely N-dealkylation sites (N-methyl/N-ethyl adjacent to an activating group) is 1. The van der Waals surface area contributed by atoms with Crippen LogP contribution in [0.15, 0.2) is 53.4 Å². The number of thiophene rings is 1. The van der Waals surface area contributed by atoms with Crippen LogP contribution in [0.2, 0.25) is 5.02 Å². The Hall–Kier alpha value is -3.12. The molecule has 2 heterocycles. The number of halogens is 1. The van der Waals surface area contributed by atoms with Gasteiger partial charge >= 0.3 is 12.1 Å². The number of anilines is 3. The highest BCUT2D eigenvalue weighted by molar-refractivity contribution is 7.89. The molecule has 2 N–H and O–H groups in total. The monoisotopic (exact) mass is 657 g/mol. The van der Waals surface area contributed by atoms with Gasteiger partial charge in [-0.15, -0.1) is 11.3 Å². The maximum absolute atomic E-state index is 14.3. The summed E-state index contributed by atoms with van der Waals surface area (Å²) in [6, 6.07) is 14.2. The Morgan fingerprint density at radius 2 is 1.82 bits per heavy atom. The summed E-state index contributed by atoms with van der Waals surface area (Å²) in [5.74, 6) is -1.00. The van der Waals surface area contributed by atoms with Crippen LogP contribution in [0.5, 0.6) is 0 Å². The van der Waals surface area contributed by atoms with Gasteiger partial charge in [-0.2, -0.15) is 4.31 Å². The fourth-order valence-electron chi connectivity index (χ4n) is 6.22. The Kier molecular flexibility index (Phi) is 8.42. The van der Waals surface area contributed by atoms with Crippen LogP contribution < -0.4 is 10.2 Å². The largest absolute Gasteiger partial charge is 0.477 e. The van der Waals surface area contributed by atoms with Crippen molar-refractivity contribution in [1.82, 2.24) is 4.31 Å². The molecule has 6 rings (SSSR count). The van der Waals surface area contributed by atoms with Crippen LogP contribution in [0.4, 0.5) is 21.9 Å². The lowest BCUT2D eigenvalue weighted by Crippen LogP contribution is -2.46. The molecule has 1 aliphatic heterocycles. The van der Waals surface area contributed by atoms with Crippen molar-refractivity contribution in [2.75, 3.05) is 30.4 Å². The van der Waals surface area contributed by atoms with E-state index in [9.17, 15) is 23.1 Å². The lowest BCUT2D eigenvalue weighted by atomic mass is 9.83. The molecule has 2 saturated carbocycles. The van der Waals surface area contributed by atoms with Crippen LogP contribution in [0, 0.1) is 11.3 Å². The third-order valence-electron chi connectivity index (χ3n) is 9.18. The third-order valence-corrected chi connectivity index (χ3v) is 12.6. The first-order chi connectivity index (χ1) is 21.0. The Balaban J connectivity index is 1.41. The molecule has 2 aliphatic carbocycles. The fraction of sp³-hybridized carbons (Fsp3) is 0.438. The topological polar surface area (TPSA) is 116 Å². The van der Waals surface area contributed by atoms with E-state index in [2.05, 4.69) is 5.32 Å². The highest BCUT2D eigenvalue weighted by Crippen LogP contribution is 2.47. The number of fused-ring (bicyclic) bond motifs is 1. The maximum atomic E-state index is 14.3. The number of ether oxygens (including phenoxy) is 1. The lowest BCUT2D eigenvalue weighted by molar-refractivity contribution is 0.0703. The molecule has 0 saturated heterocycles. The summed E-state index contributed by atoms with van der Waals surface area (Å²) >= 11 is 7.80. The minimum absolute atomic E-state index is 0.0234. The van der Waals surface area contributed by atoms with Gasteiger partial charge < -0.3 is 14.7 Å². The molecule has 234 valence electrons. The number of rotatable bonds is 7. The van der Waals surface area contributed by atoms with Crippen molar-refractivity contribution < 1.29 is 27.9 Å². The maximum Gasteiger partial charge on any atom is 0.411 e. The average Bonchev–Trinajstić information content (AvgIpc) is 3.62. The van der Waals surface area contributed by atoms with E-state index < -0.39 is 22.1 Å². The van der Waals surface area contributed by atoms with E-state index in [1.807, 2.05) is 42.2 Å². The number of nitrogens with zero attached hydrogens (tertiary/aromatic N) is 2. The number of hydrogen-bond donors (Lipinski definition) is 2. The summed E-state index contributed by atoms with van der Waals surface area (Å²) in [5.41, 5.74) is 1.74. The van der Waals surface area contributed by atoms with E-state index in [0.717, 1.165) is 62.0 Å². The number of amides is 1. The van der Waals surface area contributed by atoms with E-state index in [1.54, 1.807) is 13.1 Å². The van der Waals surface area contributed by atoms with Crippen LogP contribution in [0.3, 0.4) is 0 Å². The van der Waals surface area contributed by atoms with Crippen LogP contribution in [0.1, 0.15) is 61.5 Å². The number of carboxylic acids is 1. The van der Waals surface area contributed by atoms with E-state index in [0.29, 0.717) is 22.7 Å². The molecule has 0 spiro atoms. The molecule has 0 bridgehead atoms. The van der Waals surface area contributed by atoms with Crippen molar-refractivity contribution in [3.05, 3.63) is 58.4 Å². The van der Waals surface area contributed by atoms with Gasteiger partial charge in [-0.25, -0.2) is 18.0 Å². The summed E-state index contributed by atoms with van der Waals surface area (Å²) in [6.07, 6.45) is 6.47. The van der Waals surface area contributed by atoms with Gasteiger partial charge in [-0.1, -0.05) is 56.0 Å². The van der Waals surface area contributed by atoms with Gasteiger partial charge in [0.25, 0.3) is 0 Å². The van der Waals surface area contributed by atoms with E-state index in [1.165, 1.54) is 16.4 Å². The zero-order chi connectivity index (χ0) is 31.2. The Bertz CT molecular complexity index is 1680. The third kappa shape index (κ3) is 6.07. The van der Waals surface area contributed by atoms with E-state index in [4.69, 9.17) is 16.3 Å². The number of nitrogens with one attached hydrogen (secondary N) is 1. The summed E-state index contributed by atoms with van der Waals surface area (Å²) in [7, 11) is -2.31. The standard InChI is InChI=1S/C32H36ClN3O6S2/c1-32(13-14-32)19-42-31(39)34-24-17-27(43-29(24)30(37)38)22-15-28-25(16-23(22)33)36(21-11-7-4-8-12-21)18-26(35(2)44(28,40)41)20-9-5-3-6-10-20/h4,7-8,11-12,15-17,20,26H,3,5-6,9-10,13-14,18-19H2,1-2H3,(H,34,39)(H,37,38)/t26-/m0/s1. The molecule has 0 radical (unpaired) electrons. The molecule has 3 aromatic rings. The quantitative estimate of drug-likeness (QED) is 0.266. The minimum atomic E-state index is -3.97. The van der Waals surface area contributed by atoms with Crippen molar-refractivity contribution in [2.24, 2.45) is 11.3 Å². The molecule has 2 fully saturated rings. The molecular formula is C32H36ClN3O6S2. The second kappa shape index (κ2) is 12.0. The van der Waals surface area contributed by atoms with Gasteiger partial charge in [-0.05, 0) is 61.9 Å². The summed E-state index contributed by atoms with van der Waals surface area (Å²) in [5, 5.41) is 12.7. The van der Waals surface area contributed by atoms with Crippen LogP contribution >= 0.6 is 22.9 Å². The minimum Gasteiger partial charge on any atom is -0.477 e. The molecular weight excluding hydrogens is 622 g/mol. The van der Waals surface area contributed by atoms with Crippen LogP contribution in [-0.2, 0) is 14.8 Å². The van der Waals surface area contributed by atoms with Crippen LogP contribution in [0.25, 0.3) is 10.4 Å². The number of carbonyl (C=O) groups is 2. The predicted octanol–water partition coefficient (Wildman–Crippen LogP) is 7.84. The zero-order valence-electron chi connectivity index (χ0n) is 24.7. The molecule has 1 atom stereocenters. The number of aromatic carboxylic acids is 1. The first-order valence-electron chi connectivity index (χ1n) is 14.9. The molecule has 0 unspecified atom stereocenters. The average molecular weight is 658 g/mol. The molecule has 44 heavy (non-hydrogen) atoms. The first kappa shape index (κ1) is 30.9. The lowest BCUT2D eigenvalue weighted by Gasteiger charge is -2.36. The zero-order valence-corrected chi connectivity index (χ0v) is 27.1. The molecule has 12 heteroatoms. The predicted molar refractivity (Wildman–Crippen MR) is 173 cm³/mol. The summed E-state index contributed by atoms with van der Waals surface area (Å²) in [6.45, 7) is 2.75. The smallest absolute Gasteiger partial charge is 0.411 e. The van der Waals surface area contributed by atoms with Crippen molar-refractivity contribution in [2.45, 2.75) is 62.8 Å². The second-order valence-corrected chi connectivity index (χ2v) is 15.8. The van der Waals surface area contributed by atoms with Crippen molar-refractivity contribution >= 4 is 62.1 Å². The molecule has 1 amide bonds. The number of benzene rings is 2. The molecule has 3 aliphatic rings. The number of para-hydroxylation sites is 1. The van der Waals surface area contributed by atoms with Gasteiger partial charge in [0, 0.05) is 41.2 Å². The molecule has 1 aromatic heterocycles. The first-order valence-corrected chi connectivity index (χ1v) is 17.6. The van der Waals surface area contributed by atoms with Crippen molar-refractivity contribution in [3.63, 3.8) is 0 Å². The van der Waals surface area contributed by atoms with Gasteiger partial charge in [0.2, 0.25) is 10.0 Å². The highest BCUT2D eigenvalue weighted by Gasteiger charge is 2.41. The normalized spacial score (nSPS) is 21.2. The summed E-state index contributed by atoms with van der Waals surface area (Å²) in [4.78, 5) is 27.1. The van der Waals surface area contributed by atoms with Gasteiger partial charge in [0.15, 0.2) is 0 Å². The Morgan fingerprint density at radius 3 is 2.48 bits per heavy atom. The SMILES string of the molecule is CN1[C@H](C2CCCCC2)CN(c2ccccc2)c2cc(Cl)c(-c3cc(NC(=O)OCC4(C)CC4)c(C(=O)O)s3)cc2S1(=O)=O. The Morgan fingerprint density at radius 1 is 1.11 bits per heavy atom. The van der Waals surface area contributed by atoms with E-state index >= 15 is 0 Å². The second-order valence-electron chi connectivity index (χ2n) is 12.4. The molecule has 9 nitrogen and oxygen atoms in total. The fourth-order valence-corrected chi connectivity index (χ4v) is 9.12. The van der Waals surface area contributed by atoms with Crippen molar-refractivity contribution in [3.8, 4) is 10.4 Å². The number of carboxylic acid groups (broad SMARTS) is 1. The van der Waals surface area contributed by atoms with Crippen molar-refractivity contribution in [1.29, 1.82) is 0 Å². The summed E-state index contributed by atoms with van der Waals surface area (Å²) < 4.78 is 35.5. The van der Waals surface area contributed by atoms with Crippen LogP contribution in [-0.4, -0.2) is 56.1 Å².